The molecule has 0 amide bonds. The molecular formula is C25H20N2. The minimum absolute atomic E-state index is 0.645. The van der Waals surface area contributed by atoms with Crippen LogP contribution in [-0.2, 0) is 0 Å². The quantitative estimate of drug-likeness (QED) is 0.276. The van der Waals surface area contributed by atoms with Gasteiger partial charge in [-0.25, -0.2) is 0 Å². The van der Waals surface area contributed by atoms with E-state index in [0.717, 1.165) is 21.9 Å². The van der Waals surface area contributed by atoms with Crippen LogP contribution in [0.1, 0.15) is 5.56 Å². The average Bonchev–Trinajstić information content (AvgIpc) is 2.69. The fourth-order valence-corrected chi connectivity index (χ4v) is 3.86. The molecule has 5 rings (SSSR count). The van der Waals surface area contributed by atoms with Crippen LogP contribution >= 0.6 is 0 Å². The summed E-state index contributed by atoms with van der Waals surface area (Å²) in [7, 11) is 0. The van der Waals surface area contributed by atoms with Crippen LogP contribution in [0.4, 0.5) is 11.4 Å². The number of anilines is 2. The van der Waals surface area contributed by atoms with E-state index >= 15 is 0 Å². The third-order valence-corrected chi connectivity index (χ3v) is 5.41. The fourth-order valence-electron chi connectivity index (χ4n) is 3.86. The van der Waals surface area contributed by atoms with Gasteiger partial charge in [0.15, 0.2) is 0 Å². The smallest absolute Gasteiger partial charge is 0.0634 e. The van der Waals surface area contributed by atoms with Crippen LogP contribution in [0.2, 0.25) is 0 Å². The minimum Gasteiger partial charge on any atom is -0.397 e. The highest BCUT2D eigenvalue weighted by Gasteiger charge is 2.12. The van der Waals surface area contributed by atoms with Crippen molar-refractivity contribution in [2.45, 2.75) is 6.92 Å². The summed E-state index contributed by atoms with van der Waals surface area (Å²) in [6.45, 7) is 2.08. The second kappa shape index (κ2) is 5.75. The number of hydrogen-bond donors (Lipinski definition) is 2. The maximum Gasteiger partial charge on any atom is 0.0634 e. The maximum absolute atomic E-state index is 6.46. The average molecular weight is 348 g/mol. The van der Waals surface area contributed by atoms with Crippen LogP contribution in [0.15, 0.2) is 78.9 Å². The molecule has 0 aliphatic heterocycles. The van der Waals surface area contributed by atoms with E-state index in [0.29, 0.717) is 11.4 Å². The molecular weight excluding hydrogens is 328 g/mol. The van der Waals surface area contributed by atoms with E-state index in [1.165, 1.54) is 27.1 Å². The van der Waals surface area contributed by atoms with Crippen LogP contribution in [0.25, 0.3) is 43.4 Å². The Morgan fingerprint density at radius 3 is 1.81 bits per heavy atom. The number of rotatable bonds is 1. The Morgan fingerprint density at radius 1 is 0.556 bits per heavy atom. The van der Waals surface area contributed by atoms with Crippen LogP contribution in [0.3, 0.4) is 0 Å². The third-order valence-electron chi connectivity index (χ3n) is 5.41. The third kappa shape index (κ3) is 2.49. The second-order valence-corrected chi connectivity index (χ2v) is 7.24. The number of nitrogens with two attached hydrogens (primary N) is 2. The van der Waals surface area contributed by atoms with Crippen molar-refractivity contribution >= 4 is 43.7 Å². The van der Waals surface area contributed by atoms with Gasteiger partial charge in [0.05, 0.1) is 11.4 Å². The first-order valence-electron chi connectivity index (χ1n) is 9.11. The molecule has 0 atom stereocenters. The monoisotopic (exact) mass is 348 g/mol. The zero-order chi connectivity index (χ0) is 18.5. The molecule has 0 heterocycles. The van der Waals surface area contributed by atoms with E-state index < -0.39 is 0 Å². The summed E-state index contributed by atoms with van der Waals surface area (Å²) in [6.07, 6.45) is 0. The summed E-state index contributed by atoms with van der Waals surface area (Å²) in [5.41, 5.74) is 17.5. The van der Waals surface area contributed by atoms with Crippen molar-refractivity contribution in [3.63, 3.8) is 0 Å². The standard InChI is InChI=1S/C25H20N2/c1-15-6-8-16(9-7-15)22-14-21-12-19-10-17-4-2-3-5-18(17)11-20(19)13-23(21)25(27)24(22)26/h2-14H,26-27H2,1H3. The molecule has 2 heteroatoms. The largest absolute Gasteiger partial charge is 0.397 e. The second-order valence-electron chi connectivity index (χ2n) is 7.24. The Hall–Kier alpha value is -3.52. The molecule has 5 aromatic carbocycles. The topological polar surface area (TPSA) is 52.0 Å². The van der Waals surface area contributed by atoms with Crippen molar-refractivity contribution < 1.29 is 0 Å². The SMILES string of the molecule is Cc1ccc(-c2cc3cc4cc5ccccc5cc4cc3c(N)c2N)cc1. The van der Waals surface area contributed by atoms with Crippen LogP contribution in [-0.4, -0.2) is 0 Å². The molecule has 0 unspecified atom stereocenters. The lowest BCUT2D eigenvalue weighted by atomic mass is 9.94. The Bertz CT molecular complexity index is 1330. The van der Waals surface area contributed by atoms with E-state index in [9.17, 15) is 0 Å². The molecule has 0 saturated carbocycles. The Morgan fingerprint density at radius 2 is 1.15 bits per heavy atom. The Balaban J connectivity index is 1.82. The number of hydrogen-bond acceptors (Lipinski definition) is 2. The number of fused-ring (bicyclic) bond motifs is 3. The van der Waals surface area contributed by atoms with E-state index in [4.69, 9.17) is 11.5 Å². The number of nitrogen functional groups attached to an aromatic ring is 2. The normalized spacial score (nSPS) is 11.4. The van der Waals surface area contributed by atoms with E-state index in [2.05, 4.69) is 85.8 Å². The summed E-state index contributed by atoms with van der Waals surface area (Å²) in [4.78, 5) is 0. The highest BCUT2D eigenvalue weighted by atomic mass is 14.7. The van der Waals surface area contributed by atoms with Gasteiger partial charge in [-0.05, 0) is 69.8 Å². The van der Waals surface area contributed by atoms with Gasteiger partial charge in [-0.2, -0.15) is 0 Å². The highest BCUT2D eigenvalue weighted by molar-refractivity contribution is 6.11. The molecule has 4 N–H and O–H groups in total. The molecule has 0 aromatic heterocycles. The first kappa shape index (κ1) is 15.7. The van der Waals surface area contributed by atoms with Crippen molar-refractivity contribution in [3.05, 3.63) is 84.4 Å². The van der Waals surface area contributed by atoms with Gasteiger partial charge in [-0.15, -0.1) is 0 Å². The molecule has 0 aliphatic carbocycles. The van der Waals surface area contributed by atoms with Crippen LogP contribution < -0.4 is 11.5 Å². The molecule has 0 fully saturated rings. The molecule has 0 bridgehead atoms. The van der Waals surface area contributed by atoms with E-state index in [1.807, 2.05) is 0 Å². The minimum atomic E-state index is 0.645. The van der Waals surface area contributed by atoms with Gasteiger partial charge in [0.1, 0.15) is 0 Å². The van der Waals surface area contributed by atoms with Gasteiger partial charge in [-0.3, -0.25) is 0 Å². The van der Waals surface area contributed by atoms with Crippen molar-refractivity contribution in [3.8, 4) is 11.1 Å². The molecule has 0 aliphatic rings. The van der Waals surface area contributed by atoms with Gasteiger partial charge in [0.2, 0.25) is 0 Å². The number of benzene rings is 5. The molecule has 0 spiro atoms. The molecule has 27 heavy (non-hydrogen) atoms. The van der Waals surface area contributed by atoms with Crippen molar-refractivity contribution in [1.29, 1.82) is 0 Å². The van der Waals surface area contributed by atoms with Gasteiger partial charge < -0.3 is 11.5 Å². The zero-order valence-electron chi connectivity index (χ0n) is 15.2. The molecule has 0 saturated heterocycles. The summed E-state index contributed by atoms with van der Waals surface area (Å²) in [5.74, 6) is 0. The first-order chi connectivity index (χ1) is 13.1. The zero-order valence-corrected chi connectivity index (χ0v) is 15.2. The maximum atomic E-state index is 6.46. The van der Waals surface area contributed by atoms with Crippen molar-refractivity contribution in [2.75, 3.05) is 11.5 Å². The summed E-state index contributed by atoms with van der Waals surface area (Å²) < 4.78 is 0. The summed E-state index contributed by atoms with van der Waals surface area (Å²) >= 11 is 0. The predicted octanol–water partition coefficient (Wildman–Crippen LogP) is 6.29. The Labute approximate surface area is 158 Å². The van der Waals surface area contributed by atoms with Gasteiger partial charge in [0, 0.05) is 10.9 Å². The molecule has 5 aromatic rings. The fraction of sp³-hybridized carbons (Fsp3) is 0.0400. The predicted molar refractivity (Wildman–Crippen MR) is 118 cm³/mol. The number of aryl methyl sites for hydroxylation is 1. The highest BCUT2D eigenvalue weighted by Crippen LogP contribution is 2.39. The lowest BCUT2D eigenvalue weighted by Gasteiger charge is -2.14. The van der Waals surface area contributed by atoms with Crippen LogP contribution in [0.5, 0.6) is 0 Å². The van der Waals surface area contributed by atoms with E-state index in [1.54, 1.807) is 0 Å². The molecule has 0 radical (unpaired) electrons. The molecule has 2 nitrogen and oxygen atoms in total. The van der Waals surface area contributed by atoms with Gasteiger partial charge >= 0.3 is 0 Å². The van der Waals surface area contributed by atoms with Crippen LogP contribution in [0, 0.1) is 6.92 Å². The summed E-state index contributed by atoms with van der Waals surface area (Å²) in [6, 6.07) is 27.8. The Kier molecular flexibility index (Phi) is 3.34. The van der Waals surface area contributed by atoms with Gasteiger partial charge in [-0.1, -0.05) is 54.1 Å². The lowest BCUT2D eigenvalue weighted by Crippen LogP contribution is -1.99. The van der Waals surface area contributed by atoms with Gasteiger partial charge in [0.25, 0.3) is 0 Å². The van der Waals surface area contributed by atoms with Crippen molar-refractivity contribution in [2.24, 2.45) is 0 Å². The molecule has 130 valence electrons. The van der Waals surface area contributed by atoms with E-state index in [-0.39, 0.29) is 0 Å². The first-order valence-corrected chi connectivity index (χ1v) is 9.11. The summed E-state index contributed by atoms with van der Waals surface area (Å²) in [5, 5.41) is 6.97. The van der Waals surface area contributed by atoms with Crippen molar-refractivity contribution in [1.82, 2.24) is 0 Å². The lowest BCUT2D eigenvalue weighted by molar-refractivity contribution is 1.47.